The van der Waals surface area contributed by atoms with Gasteiger partial charge >= 0.3 is 5.63 Å². The molecule has 0 N–H and O–H groups in total. The molecule has 0 aliphatic heterocycles. The molecule has 1 heterocycles. The lowest BCUT2D eigenvalue weighted by atomic mass is 10.2. The molecule has 0 saturated heterocycles. The fourth-order valence-corrected chi connectivity index (χ4v) is 1.45. The molecule has 0 atom stereocenters. The van der Waals surface area contributed by atoms with Crippen molar-refractivity contribution >= 4 is 11.0 Å². The van der Waals surface area contributed by atoms with E-state index >= 15 is 0 Å². The van der Waals surface area contributed by atoms with Gasteiger partial charge in [0.2, 0.25) is 5.82 Å². The van der Waals surface area contributed by atoms with Crippen molar-refractivity contribution in [2.24, 2.45) is 0 Å². The van der Waals surface area contributed by atoms with E-state index in [1.807, 2.05) is 0 Å². The zero-order chi connectivity index (χ0) is 12.6. The van der Waals surface area contributed by atoms with Gasteiger partial charge in [-0.1, -0.05) is 0 Å². The zero-order valence-electron chi connectivity index (χ0n) is 8.72. The topological polar surface area (TPSA) is 39.4 Å². The normalized spacial score (nSPS) is 10.8. The fraction of sp³-hybridized carbons (Fsp3) is 0.182. The summed E-state index contributed by atoms with van der Waals surface area (Å²) < 4.78 is 49.2. The van der Waals surface area contributed by atoms with Crippen LogP contribution < -0.4 is 10.4 Å². The number of fused-ring (bicyclic) bond motifs is 1. The molecule has 2 rings (SSSR count). The monoisotopic (exact) mass is 244 g/mol. The van der Waals surface area contributed by atoms with E-state index in [0.717, 1.165) is 12.1 Å². The van der Waals surface area contributed by atoms with Gasteiger partial charge in [0.1, 0.15) is 17.1 Å². The van der Waals surface area contributed by atoms with E-state index in [-0.39, 0.29) is 12.4 Å². The number of benzene rings is 1. The maximum atomic E-state index is 13.5. The smallest absolute Gasteiger partial charge is 0.375 e. The van der Waals surface area contributed by atoms with E-state index in [2.05, 4.69) is 4.42 Å². The van der Waals surface area contributed by atoms with Crippen LogP contribution in [0, 0.1) is 17.5 Å². The highest BCUT2D eigenvalue weighted by molar-refractivity contribution is 5.79. The van der Waals surface area contributed by atoms with Crippen LogP contribution in [0.2, 0.25) is 0 Å². The summed E-state index contributed by atoms with van der Waals surface area (Å²) in [4.78, 5) is 10.9. The molecule has 0 aliphatic rings. The molecule has 0 bridgehead atoms. The van der Waals surface area contributed by atoms with Crippen molar-refractivity contribution in [3.8, 4) is 5.75 Å². The predicted octanol–water partition coefficient (Wildman–Crippen LogP) is 2.61. The van der Waals surface area contributed by atoms with Crippen LogP contribution in [0.5, 0.6) is 5.75 Å². The van der Waals surface area contributed by atoms with Crippen LogP contribution in [-0.4, -0.2) is 6.61 Å². The molecule has 0 saturated carbocycles. The van der Waals surface area contributed by atoms with E-state index in [4.69, 9.17) is 4.74 Å². The van der Waals surface area contributed by atoms with Crippen molar-refractivity contribution in [1.29, 1.82) is 0 Å². The summed E-state index contributed by atoms with van der Waals surface area (Å²) in [5.74, 6) is -4.27. The first-order valence-corrected chi connectivity index (χ1v) is 4.78. The van der Waals surface area contributed by atoms with Gasteiger partial charge in [-0.25, -0.2) is 13.6 Å². The van der Waals surface area contributed by atoms with Crippen LogP contribution in [-0.2, 0) is 0 Å². The number of halogens is 3. The van der Waals surface area contributed by atoms with Gasteiger partial charge in [0, 0.05) is 12.1 Å². The van der Waals surface area contributed by atoms with Crippen molar-refractivity contribution < 1.29 is 22.3 Å². The molecule has 0 radical (unpaired) electrons. The molecule has 1 aromatic heterocycles. The molecule has 2 aromatic rings. The summed E-state index contributed by atoms with van der Waals surface area (Å²) in [5.41, 5.74) is -1.87. The second-order valence-corrected chi connectivity index (χ2v) is 3.23. The number of rotatable bonds is 2. The van der Waals surface area contributed by atoms with Crippen molar-refractivity contribution in [2.75, 3.05) is 6.61 Å². The van der Waals surface area contributed by atoms with Crippen LogP contribution in [0.3, 0.4) is 0 Å². The largest absolute Gasteiger partial charge is 0.494 e. The Morgan fingerprint density at radius 3 is 2.59 bits per heavy atom. The van der Waals surface area contributed by atoms with Crippen LogP contribution >= 0.6 is 0 Å². The lowest BCUT2D eigenvalue weighted by molar-refractivity contribution is 0.337. The van der Waals surface area contributed by atoms with Gasteiger partial charge in [-0.3, -0.25) is 0 Å². The first-order chi connectivity index (χ1) is 8.04. The molecule has 6 heteroatoms. The highest BCUT2D eigenvalue weighted by atomic mass is 19.2. The minimum atomic E-state index is -1.74. The predicted molar refractivity (Wildman–Crippen MR) is 53.5 cm³/mol. The van der Waals surface area contributed by atoms with E-state index in [1.165, 1.54) is 0 Å². The first-order valence-electron chi connectivity index (χ1n) is 4.78. The lowest BCUT2D eigenvalue weighted by Crippen LogP contribution is -2.08. The van der Waals surface area contributed by atoms with Crippen molar-refractivity contribution in [1.82, 2.24) is 0 Å². The second kappa shape index (κ2) is 4.12. The maximum absolute atomic E-state index is 13.5. The van der Waals surface area contributed by atoms with Gasteiger partial charge in [0.15, 0.2) is 5.82 Å². The highest BCUT2D eigenvalue weighted by Gasteiger charge is 2.18. The molecule has 1 aromatic carbocycles. The number of hydrogen-bond donors (Lipinski definition) is 0. The zero-order valence-corrected chi connectivity index (χ0v) is 8.72. The average molecular weight is 244 g/mol. The lowest BCUT2D eigenvalue weighted by Gasteiger charge is -2.05. The molecule has 0 fully saturated rings. The highest BCUT2D eigenvalue weighted by Crippen LogP contribution is 2.26. The standard InChI is InChI=1S/C11H7F3O3/c1-2-16-5-3-6(12)8-7(4-5)17-11(15)10(14)9(8)13/h3-4H,2H2,1H3. The van der Waals surface area contributed by atoms with Gasteiger partial charge < -0.3 is 9.15 Å². The summed E-state index contributed by atoms with van der Waals surface area (Å²) in [6, 6.07) is 2.03. The third-order valence-electron chi connectivity index (χ3n) is 2.13. The van der Waals surface area contributed by atoms with Crippen LogP contribution in [0.15, 0.2) is 21.3 Å². The van der Waals surface area contributed by atoms with E-state index in [1.54, 1.807) is 6.92 Å². The average Bonchev–Trinajstić information content (AvgIpc) is 2.25. The van der Waals surface area contributed by atoms with E-state index in [0.29, 0.717) is 0 Å². The van der Waals surface area contributed by atoms with Crippen LogP contribution in [0.4, 0.5) is 13.2 Å². The molecule has 3 nitrogen and oxygen atoms in total. The Kier molecular flexibility index (Phi) is 2.79. The molecular formula is C11H7F3O3. The Labute approximate surface area is 93.4 Å². The molecule has 17 heavy (non-hydrogen) atoms. The van der Waals surface area contributed by atoms with Crippen molar-refractivity contribution in [2.45, 2.75) is 6.92 Å². The van der Waals surface area contributed by atoms with Crippen LogP contribution in [0.1, 0.15) is 6.92 Å². The van der Waals surface area contributed by atoms with Gasteiger partial charge in [-0.2, -0.15) is 4.39 Å². The van der Waals surface area contributed by atoms with Gasteiger partial charge in [-0.05, 0) is 6.92 Å². The Balaban J connectivity index is 2.82. The molecule has 0 aliphatic carbocycles. The molecule has 0 spiro atoms. The molecule has 0 amide bonds. The fourth-order valence-electron chi connectivity index (χ4n) is 1.45. The Morgan fingerprint density at radius 1 is 1.24 bits per heavy atom. The minimum absolute atomic E-state index is 0.0756. The van der Waals surface area contributed by atoms with Crippen molar-refractivity contribution in [3.63, 3.8) is 0 Å². The van der Waals surface area contributed by atoms with E-state index < -0.39 is 34.0 Å². The van der Waals surface area contributed by atoms with Gasteiger partial charge in [0.25, 0.3) is 0 Å². The second-order valence-electron chi connectivity index (χ2n) is 3.23. The van der Waals surface area contributed by atoms with Crippen molar-refractivity contribution in [3.05, 3.63) is 40.0 Å². The molecule has 90 valence electrons. The number of hydrogen-bond acceptors (Lipinski definition) is 3. The summed E-state index contributed by atoms with van der Waals surface area (Å²) in [6.45, 7) is 1.93. The SMILES string of the molecule is CCOc1cc(F)c2c(F)c(F)c(=O)oc2c1. The summed E-state index contributed by atoms with van der Waals surface area (Å²) >= 11 is 0. The van der Waals surface area contributed by atoms with Gasteiger partial charge in [0.05, 0.1) is 12.0 Å². The minimum Gasteiger partial charge on any atom is -0.494 e. The van der Waals surface area contributed by atoms with Gasteiger partial charge in [-0.15, -0.1) is 0 Å². The third-order valence-corrected chi connectivity index (χ3v) is 2.13. The molecular weight excluding hydrogens is 237 g/mol. The Hall–Kier alpha value is -1.98. The Morgan fingerprint density at radius 2 is 1.94 bits per heavy atom. The summed E-state index contributed by atoms with van der Waals surface area (Å²) in [7, 11) is 0. The third kappa shape index (κ3) is 1.86. The maximum Gasteiger partial charge on any atom is 0.375 e. The molecule has 0 unspecified atom stereocenters. The summed E-state index contributed by atoms with van der Waals surface area (Å²) in [5, 5.41) is -0.703. The first kappa shape index (κ1) is 11.5. The number of ether oxygens (including phenoxy) is 1. The van der Waals surface area contributed by atoms with E-state index in [9.17, 15) is 18.0 Å². The quantitative estimate of drug-likeness (QED) is 0.762. The summed E-state index contributed by atoms with van der Waals surface area (Å²) in [6.07, 6.45) is 0. The Bertz CT molecular complexity index is 634. The van der Waals surface area contributed by atoms with Crippen LogP contribution in [0.25, 0.3) is 11.0 Å².